The highest BCUT2D eigenvalue weighted by Crippen LogP contribution is 2.22. The second-order valence-electron chi connectivity index (χ2n) is 7.59. The Kier molecular flexibility index (Phi) is 5.71. The van der Waals surface area contributed by atoms with E-state index in [-0.39, 0.29) is 25.2 Å². The summed E-state index contributed by atoms with van der Waals surface area (Å²) in [6.07, 6.45) is -4.50. The molecule has 0 unspecified atom stereocenters. The van der Waals surface area contributed by atoms with Crippen LogP contribution in [0.2, 0.25) is 0 Å². The standard InChI is InChI=1S/C22H19F3N6O2/c23-22(24,25)21(27)31-9-8-30(12-18(31)26)20(33)14-5-3-4-13(10-14)11-17-15-6-1-2-7-16(15)19(32)29-28-17/h1-7,10,26-27H,8-9,11-12H2,(H,29,32). The van der Waals surface area contributed by atoms with Crippen LogP contribution < -0.4 is 5.56 Å². The fourth-order valence-electron chi connectivity index (χ4n) is 3.77. The van der Waals surface area contributed by atoms with Gasteiger partial charge in [-0.1, -0.05) is 30.3 Å². The number of hydrogen-bond donors (Lipinski definition) is 3. The van der Waals surface area contributed by atoms with E-state index in [0.717, 1.165) is 5.56 Å². The molecular weight excluding hydrogens is 437 g/mol. The van der Waals surface area contributed by atoms with Gasteiger partial charge < -0.3 is 9.80 Å². The molecule has 4 rings (SSSR count). The van der Waals surface area contributed by atoms with E-state index in [4.69, 9.17) is 10.8 Å². The van der Waals surface area contributed by atoms with Crippen LogP contribution >= 0.6 is 0 Å². The molecule has 11 heteroatoms. The van der Waals surface area contributed by atoms with Gasteiger partial charge in [-0.2, -0.15) is 18.3 Å². The predicted octanol–water partition coefficient (Wildman–Crippen LogP) is 2.79. The molecule has 0 saturated carbocycles. The number of rotatable bonds is 3. The fourth-order valence-corrected chi connectivity index (χ4v) is 3.77. The number of amides is 1. The Morgan fingerprint density at radius 1 is 1.09 bits per heavy atom. The first kappa shape index (κ1) is 22.2. The third-order valence-corrected chi connectivity index (χ3v) is 5.41. The van der Waals surface area contributed by atoms with Crippen molar-refractivity contribution < 1.29 is 18.0 Å². The monoisotopic (exact) mass is 456 g/mol. The van der Waals surface area contributed by atoms with E-state index in [0.29, 0.717) is 33.4 Å². The Morgan fingerprint density at radius 2 is 1.82 bits per heavy atom. The second-order valence-corrected chi connectivity index (χ2v) is 7.59. The first-order chi connectivity index (χ1) is 15.6. The van der Waals surface area contributed by atoms with Gasteiger partial charge in [-0.05, 0) is 23.8 Å². The average molecular weight is 456 g/mol. The number of hydrogen-bond acceptors (Lipinski definition) is 5. The number of piperazine rings is 1. The molecule has 1 fully saturated rings. The zero-order chi connectivity index (χ0) is 23.8. The zero-order valence-electron chi connectivity index (χ0n) is 17.2. The summed E-state index contributed by atoms with van der Waals surface area (Å²) in [7, 11) is 0. The Balaban J connectivity index is 1.52. The van der Waals surface area contributed by atoms with Crippen molar-refractivity contribution in [1.29, 1.82) is 10.8 Å². The van der Waals surface area contributed by atoms with Crippen molar-refractivity contribution in [3.8, 4) is 0 Å². The number of amidine groups is 2. The molecule has 1 saturated heterocycles. The summed E-state index contributed by atoms with van der Waals surface area (Å²) < 4.78 is 38.4. The fraction of sp³-hybridized carbons (Fsp3) is 0.227. The third-order valence-electron chi connectivity index (χ3n) is 5.41. The number of carbonyl (C=O) groups excluding carboxylic acids is 1. The summed E-state index contributed by atoms with van der Waals surface area (Å²) in [5, 5.41) is 22.9. The second kappa shape index (κ2) is 8.49. The van der Waals surface area contributed by atoms with Crippen molar-refractivity contribution in [1.82, 2.24) is 20.0 Å². The van der Waals surface area contributed by atoms with Crippen molar-refractivity contribution in [2.45, 2.75) is 12.6 Å². The highest BCUT2D eigenvalue weighted by atomic mass is 19.4. The normalized spacial score (nSPS) is 14.6. The number of carbonyl (C=O) groups is 1. The summed E-state index contributed by atoms with van der Waals surface area (Å²) in [5.74, 6) is -2.49. The Bertz CT molecular complexity index is 1320. The number of aromatic amines is 1. The predicted molar refractivity (Wildman–Crippen MR) is 116 cm³/mol. The number of nitrogens with zero attached hydrogens (tertiary/aromatic N) is 3. The number of aromatic nitrogens is 2. The van der Waals surface area contributed by atoms with Gasteiger partial charge in [0.05, 0.1) is 17.6 Å². The van der Waals surface area contributed by atoms with Crippen LogP contribution in [0.5, 0.6) is 0 Å². The molecule has 0 bridgehead atoms. The molecule has 0 atom stereocenters. The molecule has 170 valence electrons. The number of nitrogens with one attached hydrogen (secondary N) is 3. The molecule has 1 amide bonds. The number of benzene rings is 2. The van der Waals surface area contributed by atoms with Crippen LogP contribution in [0.4, 0.5) is 13.2 Å². The molecule has 2 aromatic carbocycles. The van der Waals surface area contributed by atoms with Gasteiger partial charge in [-0.25, -0.2) is 5.10 Å². The van der Waals surface area contributed by atoms with Gasteiger partial charge in [0.25, 0.3) is 11.5 Å². The van der Waals surface area contributed by atoms with Crippen molar-refractivity contribution in [3.05, 3.63) is 75.7 Å². The molecule has 1 aliphatic rings. The minimum atomic E-state index is -4.85. The zero-order valence-corrected chi connectivity index (χ0v) is 17.2. The van der Waals surface area contributed by atoms with Crippen LogP contribution in [0.15, 0.2) is 53.3 Å². The van der Waals surface area contributed by atoms with Crippen LogP contribution in [0.3, 0.4) is 0 Å². The van der Waals surface area contributed by atoms with E-state index < -0.39 is 23.8 Å². The summed E-state index contributed by atoms with van der Waals surface area (Å²) in [5.41, 5.74) is 1.43. The lowest BCUT2D eigenvalue weighted by Gasteiger charge is -2.36. The molecule has 0 aliphatic carbocycles. The van der Waals surface area contributed by atoms with E-state index in [1.54, 1.807) is 42.5 Å². The average Bonchev–Trinajstić information content (AvgIpc) is 2.80. The maximum absolute atomic E-state index is 13.0. The van der Waals surface area contributed by atoms with Gasteiger partial charge in [0.1, 0.15) is 5.84 Å². The first-order valence-electron chi connectivity index (χ1n) is 10.0. The molecular formula is C22H19F3N6O2. The lowest BCUT2D eigenvalue weighted by molar-refractivity contribution is -0.0675. The van der Waals surface area contributed by atoms with Crippen LogP contribution in [-0.2, 0) is 6.42 Å². The molecule has 8 nitrogen and oxygen atoms in total. The smallest absolute Gasteiger partial charge is 0.329 e. The lowest BCUT2D eigenvalue weighted by atomic mass is 10.0. The summed E-state index contributed by atoms with van der Waals surface area (Å²) in [6, 6.07) is 13.8. The molecule has 33 heavy (non-hydrogen) atoms. The summed E-state index contributed by atoms with van der Waals surface area (Å²) in [6.45, 7) is -0.653. The van der Waals surface area contributed by atoms with Gasteiger partial charge in [0.15, 0.2) is 0 Å². The minimum Gasteiger partial charge on any atom is -0.329 e. The van der Waals surface area contributed by atoms with Crippen LogP contribution in [0, 0.1) is 10.8 Å². The Hall–Kier alpha value is -4.02. The molecule has 3 aromatic rings. The van der Waals surface area contributed by atoms with Gasteiger partial charge in [-0.3, -0.25) is 20.4 Å². The number of halogens is 3. The highest BCUT2D eigenvalue weighted by molar-refractivity contribution is 6.04. The van der Waals surface area contributed by atoms with Crippen molar-refractivity contribution in [2.24, 2.45) is 0 Å². The number of H-pyrrole nitrogens is 1. The molecule has 3 N–H and O–H groups in total. The third kappa shape index (κ3) is 4.47. The maximum Gasteiger partial charge on any atom is 0.449 e. The molecule has 1 aliphatic heterocycles. The SMILES string of the molecule is N=C1CN(C(=O)c2cccc(Cc3n[nH]c(=O)c4ccccc34)c2)CCN1C(=N)C(F)(F)F. The first-order valence-corrected chi connectivity index (χ1v) is 10.0. The van der Waals surface area contributed by atoms with E-state index in [2.05, 4.69) is 10.2 Å². The lowest BCUT2D eigenvalue weighted by Crippen LogP contribution is -2.56. The van der Waals surface area contributed by atoms with Crippen molar-refractivity contribution in [3.63, 3.8) is 0 Å². The Labute approximate surface area is 185 Å². The summed E-state index contributed by atoms with van der Waals surface area (Å²) >= 11 is 0. The van der Waals surface area contributed by atoms with Crippen LogP contribution in [0.1, 0.15) is 21.6 Å². The number of fused-ring (bicyclic) bond motifs is 1. The van der Waals surface area contributed by atoms with Crippen LogP contribution in [-0.4, -0.2) is 63.4 Å². The molecule has 0 spiro atoms. The van der Waals surface area contributed by atoms with Crippen molar-refractivity contribution >= 4 is 28.4 Å². The topological polar surface area (TPSA) is 117 Å². The summed E-state index contributed by atoms with van der Waals surface area (Å²) in [4.78, 5) is 26.8. The van der Waals surface area contributed by atoms with E-state index in [1.165, 1.54) is 4.90 Å². The minimum absolute atomic E-state index is 0.0456. The van der Waals surface area contributed by atoms with Crippen molar-refractivity contribution in [2.75, 3.05) is 19.6 Å². The van der Waals surface area contributed by atoms with Crippen LogP contribution in [0.25, 0.3) is 10.8 Å². The van der Waals surface area contributed by atoms with Gasteiger partial charge in [0.2, 0.25) is 5.84 Å². The largest absolute Gasteiger partial charge is 0.449 e. The van der Waals surface area contributed by atoms with Gasteiger partial charge in [-0.15, -0.1) is 0 Å². The quantitative estimate of drug-likeness (QED) is 0.415. The highest BCUT2D eigenvalue weighted by Gasteiger charge is 2.41. The van der Waals surface area contributed by atoms with E-state index >= 15 is 0 Å². The molecule has 0 radical (unpaired) electrons. The Morgan fingerprint density at radius 3 is 2.52 bits per heavy atom. The number of alkyl halides is 3. The molecule has 1 aromatic heterocycles. The van der Waals surface area contributed by atoms with E-state index in [9.17, 15) is 22.8 Å². The van der Waals surface area contributed by atoms with Gasteiger partial charge >= 0.3 is 6.18 Å². The molecule has 2 heterocycles. The van der Waals surface area contributed by atoms with Gasteiger partial charge in [0, 0.05) is 30.5 Å². The van der Waals surface area contributed by atoms with E-state index in [1.807, 2.05) is 6.07 Å². The maximum atomic E-state index is 13.0.